The maximum absolute atomic E-state index is 8.29. The van der Waals surface area contributed by atoms with Gasteiger partial charge in [-0.05, 0) is 17.7 Å². The summed E-state index contributed by atoms with van der Waals surface area (Å²) in [7, 11) is 0. The second-order valence-corrected chi connectivity index (χ2v) is 1.83. The van der Waals surface area contributed by atoms with Gasteiger partial charge in [-0.3, -0.25) is 4.98 Å². The fourth-order valence-electron chi connectivity index (χ4n) is 0.643. The Hall–Kier alpha value is -0.930. The Morgan fingerprint density at radius 3 is 2.33 bits per heavy atom. The summed E-state index contributed by atoms with van der Waals surface area (Å²) >= 11 is 0. The highest BCUT2D eigenvalue weighted by Gasteiger charge is 1.88. The van der Waals surface area contributed by atoms with E-state index < -0.39 is 0 Å². The number of hydrogen-bond acceptors (Lipinski definition) is 3. The Kier molecular flexibility index (Phi) is 9.29. The first-order chi connectivity index (χ1) is 4.93. The van der Waals surface area contributed by atoms with E-state index in [0.717, 1.165) is 5.56 Å². The van der Waals surface area contributed by atoms with Crippen molar-refractivity contribution in [3.05, 3.63) is 30.1 Å². The summed E-state index contributed by atoms with van der Waals surface area (Å²) in [5, 5.41) is 8.29. The van der Waals surface area contributed by atoms with Gasteiger partial charge in [0, 0.05) is 12.4 Å². The summed E-state index contributed by atoms with van der Waals surface area (Å²) < 4.78 is 4.75. The van der Waals surface area contributed by atoms with Gasteiger partial charge in [0.25, 0.3) is 0 Å². The van der Waals surface area contributed by atoms with Crippen LogP contribution in [0.25, 0.3) is 0 Å². The Bertz CT molecular complexity index is 177. The molecule has 1 N–H and O–H groups in total. The third kappa shape index (κ3) is 4.82. The zero-order valence-electron chi connectivity index (χ0n) is 5.53. The molecule has 0 atom stereocenters. The molecule has 0 aliphatic heterocycles. The Morgan fingerprint density at radius 2 is 1.83 bits per heavy atom. The number of aromatic nitrogens is 1. The number of aliphatic hydroxyl groups is 1. The van der Waals surface area contributed by atoms with Crippen LogP contribution in [0.5, 0.6) is 0 Å². The lowest BCUT2D eigenvalue weighted by Crippen LogP contribution is -1.93. The maximum Gasteiger partial charge on any atom is 0.144 e. The fourth-order valence-corrected chi connectivity index (χ4v) is 0.643. The quantitative estimate of drug-likeness (QED) is 0.705. The third-order valence-electron chi connectivity index (χ3n) is 1.11. The van der Waals surface area contributed by atoms with Crippen molar-refractivity contribution in [2.75, 3.05) is 6.79 Å². The SMILES string of the molecule is C.C.OCOCc1ccncc1. The average molecular weight is 171 g/mol. The molecule has 1 aromatic rings. The van der Waals surface area contributed by atoms with Gasteiger partial charge in [0.2, 0.25) is 0 Å². The van der Waals surface area contributed by atoms with Crippen LogP contribution in [0, 0.1) is 0 Å². The third-order valence-corrected chi connectivity index (χ3v) is 1.11. The lowest BCUT2D eigenvalue weighted by molar-refractivity contribution is -0.0112. The molecule has 3 nitrogen and oxygen atoms in total. The second-order valence-electron chi connectivity index (χ2n) is 1.83. The summed E-state index contributed by atoms with van der Waals surface area (Å²) in [4.78, 5) is 3.84. The first kappa shape index (κ1) is 13.6. The van der Waals surface area contributed by atoms with Gasteiger partial charge in [-0.2, -0.15) is 0 Å². The molecule has 0 saturated heterocycles. The molecule has 0 amide bonds. The largest absolute Gasteiger partial charge is 0.371 e. The van der Waals surface area contributed by atoms with Crippen molar-refractivity contribution in [3.63, 3.8) is 0 Å². The van der Waals surface area contributed by atoms with Crippen molar-refractivity contribution >= 4 is 0 Å². The van der Waals surface area contributed by atoms with Crippen LogP contribution in [0.2, 0.25) is 0 Å². The fraction of sp³-hybridized carbons (Fsp3) is 0.444. The predicted molar refractivity (Wildman–Crippen MR) is 49.6 cm³/mol. The zero-order valence-corrected chi connectivity index (χ0v) is 5.53. The molecule has 0 aromatic carbocycles. The Balaban J connectivity index is 0. The van der Waals surface area contributed by atoms with E-state index in [2.05, 4.69) is 4.98 Å². The van der Waals surface area contributed by atoms with Crippen molar-refractivity contribution in [1.29, 1.82) is 0 Å². The van der Waals surface area contributed by atoms with Crippen LogP contribution in [0.1, 0.15) is 20.4 Å². The predicted octanol–water partition coefficient (Wildman–Crippen LogP) is 1.82. The highest BCUT2D eigenvalue weighted by Crippen LogP contribution is 1.96. The lowest BCUT2D eigenvalue weighted by Gasteiger charge is -1.97. The summed E-state index contributed by atoms with van der Waals surface area (Å²) in [6.07, 6.45) is 3.38. The van der Waals surface area contributed by atoms with Gasteiger partial charge in [-0.1, -0.05) is 14.9 Å². The number of pyridine rings is 1. The molecule has 0 radical (unpaired) electrons. The number of ether oxygens (including phenoxy) is 1. The molecule has 12 heavy (non-hydrogen) atoms. The van der Waals surface area contributed by atoms with Crippen molar-refractivity contribution in [1.82, 2.24) is 4.98 Å². The van der Waals surface area contributed by atoms with Crippen molar-refractivity contribution < 1.29 is 9.84 Å². The highest BCUT2D eigenvalue weighted by atomic mass is 16.6. The standard InChI is InChI=1S/C7H9NO2.2CH4/c9-6-10-5-7-1-3-8-4-2-7;;/h1-4,9H,5-6H2;2*1H4. The first-order valence-corrected chi connectivity index (χ1v) is 3.01. The molecule has 0 aliphatic carbocycles. The second kappa shape index (κ2) is 8.17. The molecule has 70 valence electrons. The van der Waals surface area contributed by atoms with Crippen LogP contribution in [0.4, 0.5) is 0 Å². The van der Waals surface area contributed by atoms with Crippen LogP contribution in [-0.2, 0) is 11.3 Å². The summed E-state index contributed by atoms with van der Waals surface area (Å²) in [5.41, 5.74) is 1.02. The Morgan fingerprint density at radius 1 is 1.25 bits per heavy atom. The van der Waals surface area contributed by atoms with E-state index >= 15 is 0 Å². The minimum Gasteiger partial charge on any atom is -0.371 e. The van der Waals surface area contributed by atoms with E-state index in [1.54, 1.807) is 12.4 Å². The minimum absolute atomic E-state index is 0. The molecule has 0 aliphatic rings. The van der Waals surface area contributed by atoms with Crippen LogP contribution >= 0.6 is 0 Å². The summed E-state index contributed by atoms with van der Waals surface area (Å²) in [6.45, 7) is 0.210. The zero-order chi connectivity index (χ0) is 7.23. The molecule has 0 spiro atoms. The van der Waals surface area contributed by atoms with E-state index in [1.807, 2.05) is 12.1 Å². The summed E-state index contributed by atoms with van der Waals surface area (Å²) in [5.74, 6) is 0. The van der Waals surface area contributed by atoms with Crippen molar-refractivity contribution in [3.8, 4) is 0 Å². The Labute approximate surface area is 74.0 Å². The van der Waals surface area contributed by atoms with Gasteiger partial charge in [-0.15, -0.1) is 0 Å². The molecule has 0 saturated carbocycles. The highest BCUT2D eigenvalue weighted by molar-refractivity contribution is 5.07. The van der Waals surface area contributed by atoms with Gasteiger partial charge in [-0.25, -0.2) is 0 Å². The molecular formula is C9H17NO2. The van der Waals surface area contributed by atoms with E-state index in [4.69, 9.17) is 9.84 Å². The van der Waals surface area contributed by atoms with Gasteiger partial charge >= 0.3 is 0 Å². The van der Waals surface area contributed by atoms with Crippen LogP contribution in [0.3, 0.4) is 0 Å². The first-order valence-electron chi connectivity index (χ1n) is 3.01. The van der Waals surface area contributed by atoms with E-state index in [0.29, 0.717) is 6.61 Å². The molecule has 1 aromatic heterocycles. The normalized spacial score (nSPS) is 8.08. The topological polar surface area (TPSA) is 42.4 Å². The number of aliphatic hydroxyl groups excluding tert-OH is 1. The smallest absolute Gasteiger partial charge is 0.144 e. The van der Waals surface area contributed by atoms with E-state index in [9.17, 15) is 0 Å². The molecule has 0 bridgehead atoms. The monoisotopic (exact) mass is 171 g/mol. The maximum atomic E-state index is 8.29. The summed E-state index contributed by atoms with van der Waals surface area (Å²) in [6, 6.07) is 3.69. The van der Waals surface area contributed by atoms with Gasteiger partial charge in [0.15, 0.2) is 0 Å². The number of nitrogens with zero attached hydrogens (tertiary/aromatic N) is 1. The van der Waals surface area contributed by atoms with Gasteiger partial charge in [0.05, 0.1) is 6.61 Å². The van der Waals surface area contributed by atoms with E-state index in [1.165, 1.54) is 0 Å². The van der Waals surface area contributed by atoms with Gasteiger partial charge < -0.3 is 9.84 Å². The molecule has 0 fully saturated rings. The van der Waals surface area contributed by atoms with E-state index in [-0.39, 0.29) is 21.6 Å². The molecular weight excluding hydrogens is 154 g/mol. The number of hydrogen-bond donors (Lipinski definition) is 1. The number of rotatable bonds is 3. The van der Waals surface area contributed by atoms with Crippen LogP contribution in [-0.4, -0.2) is 16.9 Å². The van der Waals surface area contributed by atoms with Crippen molar-refractivity contribution in [2.24, 2.45) is 0 Å². The molecule has 1 heterocycles. The minimum atomic E-state index is -0.234. The van der Waals surface area contributed by atoms with Crippen LogP contribution in [0.15, 0.2) is 24.5 Å². The van der Waals surface area contributed by atoms with Crippen molar-refractivity contribution in [2.45, 2.75) is 21.5 Å². The van der Waals surface area contributed by atoms with Gasteiger partial charge in [0.1, 0.15) is 6.79 Å². The molecule has 3 heteroatoms. The molecule has 0 unspecified atom stereocenters. The average Bonchev–Trinajstić information content (AvgIpc) is 2.03. The van der Waals surface area contributed by atoms with Crippen LogP contribution < -0.4 is 0 Å². The molecule has 1 rings (SSSR count). The lowest BCUT2D eigenvalue weighted by atomic mass is 10.3.